The zero-order chi connectivity index (χ0) is 23.5. The number of alkyl halides is 3. The maximum Gasteiger partial charge on any atom is 0.416 e. The number of aryl methyl sites for hydroxylation is 3. The molecule has 2 aromatic carbocycles. The summed E-state index contributed by atoms with van der Waals surface area (Å²) in [7, 11) is 0. The minimum Gasteiger partial charge on any atom is -0.299 e. The van der Waals surface area contributed by atoms with Crippen LogP contribution in [0.3, 0.4) is 0 Å². The minimum atomic E-state index is -4.36. The predicted molar refractivity (Wildman–Crippen MR) is 122 cm³/mol. The normalized spacial score (nSPS) is 19.4. The Bertz CT molecular complexity index is 954. The van der Waals surface area contributed by atoms with E-state index in [2.05, 4.69) is 12.1 Å². The topological polar surface area (TPSA) is 34.1 Å². The first-order valence-electron chi connectivity index (χ1n) is 11.1. The zero-order valence-electron chi connectivity index (χ0n) is 18.7. The molecule has 172 valence electrons. The van der Waals surface area contributed by atoms with E-state index >= 15 is 0 Å². The first kappa shape index (κ1) is 24.6. The number of carbonyl (C=O) groups excluding carboxylic acids is 2. The molecule has 0 atom stereocenters. The highest BCUT2D eigenvalue weighted by Gasteiger charge is 2.38. The second-order valence-electron chi connectivity index (χ2n) is 8.51. The van der Waals surface area contributed by atoms with Gasteiger partial charge in [-0.1, -0.05) is 37.6 Å². The number of rotatable bonds is 7. The van der Waals surface area contributed by atoms with Crippen LogP contribution in [0.15, 0.2) is 41.3 Å². The molecule has 3 rings (SSSR count). The summed E-state index contributed by atoms with van der Waals surface area (Å²) in [6.45, 7) is 6.12. The lowest BCUT2D eigenvalue weighted by Gasteiger charge is -2.29. The summed E-state index contributed by atoms with van der Waals surface area (Å²) in [5.41, 5.74) is 3.54. The number of thioether (sulfide) groups is 1. The molecule has 0 N–H and O–H groups in total. The van der Waals surface area contributed by atoms with Gasteiger partial charge in [-0.05, 0) is 72.7 Å². The van der Waals surface area contributed by atoms with Crippen molar-refractivity contribution in [2.75, 3.05) is 5.75 Å². The van der Waals surface area contributed by atoms with Crippen molar-refractivity contribution in [1.82, 2.24) is 0 Å². The van der Waals surface area contributed by atoms with E-state index in [0.29, 0.717) is 29.9 Å². The van der Waals surface area contributed by atoms with E-state index in [1.807, 2.05) is 20.8 Å². The maximum absolute atomic E-state index is 13.1. The van der Waals surface area contributed by atoms with Crippen molar-refractivity contribution in [3.05, 3.63) is 64.2 Å². The molecule has 0 bridgehead atoms. The van der Waals surface area contributed by atoms with Crippen LogP contribution in [0.25, 0.3) is 0 Å². The van der Waals surface area contributed by atoms with Crippen LogP contribution in [0.2, 0.25) is 0 Å². The van der Waals surface area contributed by atoms with Gasteiger partial charge in [-0.3, -0.25) is 9.59 Å². The van der Waals surface area contributed by atoms with Crippen LogP contribution in [-0.4, -0.2) is 17.3 Å². The lowest BCUT2D eigenvalue weighted by Crippen LogP contribution is -2.33. The molecule has 1 aliphatic rings. The van der Waals surface area contributed by atoms with Gasteiger partial charge in [0.1, 0.15) is 17.5 Å². The Kier molecular flexibility index (Phi) is 7.86. The lowest BCUT2D eigenvalue weighted by atomic mass is 9.73. The summed E-state index contributed by atoms with van der Waals surface area (Å²) in [6.07, 6.45) is -1.49. The molecule has 0 aromatic heterocycles. The number of hydrogen-bond donors (Lipinski definition) is 0. The molecule has 0 spiro atoms. The second-order valence-corrected chi connectivity index (χ2v) is 9.67. The molecule has 2 nitrogen and oxygen atoms in total. The Hall–Kier alpha value is -2.08. The summed E-state index contributed by atoms with van der Waals surface area (Å²) in [5.74, 6) is -0.201. The van der Waals surface area contributed by atoms with Crippen LogP contribution in [0.5, 0.6) is 0 Å². The van der Waals surface area contributed by atoms with Gasteiger partial charge in [-0.15, -0.1) is 11.8 Å². The summed E-state index contributed by atoms with van der Waals surface area (Å²) in [6, 6.07) is 9.42. The molecular formula is C26H29F3O2S. The molecular weight excluding hydrogens is 433 g/mol. The number of ketones is 2. The molecule has 32 heavy (non-hydrogen) atoms. The average molecular weight is 463 g/mol. The summed E-state index contributed by atoms with van der Waals surface area (Å²) >= 11 is 1.34. The fourth-order valence-corrected chi connectivity index (χ4v) is 5.67. The molecule has 1 saturated carbocycles. The van der Waals surface area contributed by atoms with Crippen molar-refractivity contribution < 1.29 is 22.8 Å². The molecule has 0 aliphatic heterocycles. The molecule has 1 aliphatic carbocycles. The van der Waals surface area contributed by atoms with E-state index in [1.165, 1.54) is 17.8 Å². The average Bonchev–Trinajstić information content (AvgIpc) is 2.73. The number of carbonyl (C=O) groups is 2. The smallest absolute Gasteiger partial charge is 0.299 e. The molecule has 2 aromatic rings. The number of halogens is 3. The van der Waals surface area contributed by atoms with Gasteiger partial charge in [0.15, 0.2) is 0 Å². The van der Waals surface area contributed by atoms with E-state index in [-0.39, 0.29) is 17.5 Å². The van der Waals surface area contributed by atoms with Gasteiger partial charge in [-0.2, -0.15) is 13.2 Å². The third kappa shape index (κ3) is 5.64. The monoisotopic (exact) mass is 462 g/mol. The highest BCUT2D eigenvalue weighted by atomic mass is 32.2. The molecule has 0 heterocycles. The highest BCUT2D eigenvalue weighted by molar-refractivity contribution is 7.99. The summed E-state index contributed by atoms with van der Waals surface area (Å²) in [4.78, 5) is 26.7. The maximum atomic E-state index is 13.1. The van der Waals surface area contributed by atoms with Gasteiger partial charge in [-0.25, -0.2) is 0 Å². The van der Waals surface area contributed by atoms with Gasteiger partial charge in [0.25, 0.3) is 0 Å². The van der Waals surface area contributed by atoms with Crippen molar-refractivity contribution in [3.63, 3.8) is 0 Å². The van der Waals surface area contributed by atoms with Gasteiger partial charge in [0.05, 0.1) is 5.56 Å². The zero-order valence-corrected chi connectivity index (χ0v) is 19.5. The lowest BCUT2D eigenvalue weighted by molar-refractivity contribution is -0.138. The number of benzene rings is 2. The van der Waals surface area contributed by atoms with Crippen molar-refractivity contribution in [1.29, 1.82) is 0 Å². The van der Waals surface area contributed by atoms with Crippen LogP contribution in [0.1, 0.15) is 66.8 Å². The fourth-order valence-electron chi connectivity index (χ4n) is 4.60. The number of Topliss-reactive ketones (excluding diaryl/α,β-unsaturated/α-hetero) is 2. The largest absolute Gasteiger partial charge is 0.416 e. The van der Waals surface area contributed by atoms with Crippen molar-refractivity contribution in [3.8, 4) is 0 Å². The predicted octanol–water partition coefficient (Wildman–Crippen LogP) is 6.95. The standard InChI is InChI=1S/C26H29F3O2S/c1-4-18-11-16(3)12-19(5-2)24(18)25-22(30)13-17(14-23(25)31)9-10-32-21-8-6-7-20(15-21)26(27,28)29/h6-8,11-12,15,17,25H,4-5,9-10,13-14H2,1-3H3. The Morgan fingerprint density at radius 2 is 1.56 bits per heavy atom. The molecule has 0 saturated heterocycles. The molecule has 0 radical (unpaired) electrons. The van der Waals surface area contributed by atoms with Crippen LogP contribution in [0.4, 0.5) is 13.2 Å². The van der Waals surface area contributed by atoms with Crippen LogP contribution in [-0.2, 0) is 28.6 Å². The second kappa shape index (κ2) is 10.2. The molecule has 0 amide bonds. The van der Waals surface area contributed by atoms with Crippen molar-refractivity contribution >= 4 is 23.3 Å². The van der Waals surface area contributed by atoms with E-state index < -0.39 is 17.7 Å². The first-order valence-corrected chi connectivity index (χ1v) is 12.1. The SMILES string of the molecule is CCc1cc(C)cc(CC)c1C1C(=O)CC(CCSc2cccc(C(F)(F)F)c2)CC1=O. The van der Waals surface area contributed by atoms with Gasteiger partial charge < -0.3 is 0 Å². The third-order valence-electron chi connectivity index (χ3n) is 6.13. The van der Waals surface area contributed by atoms with Crippen molar-refractivity contribution in [2.45, 2.75) is 69.9 Å². The summed E-state index contributed by atoms with van der Waals surface area (Å²) in [5, 5.41) is 0. The van der Waals surface area contributed by atoms with Crippen LogP contribution < -0.4 is 0 Å². The molecule has 1 fully saturated rings. The van der Waals surface area contributed by atoms with Gasteiger partial charge in [0, 0.05) is 17.7 Å². The van der Waals surface area contributed by atoms with E-state index in [4.69, 9.17) is 0 Å². The van der Waals surface area contributed by atoms with Crippen LogP contribution >= 0.6 is 11.8 Å². The molecule has 6 heteroatoms. The fraction of sp³-hybridized carbons (Fsp3) is 0.462. The van der Waals surface area contributed by atoms with E-state index in [9.17, 15) is 22.8 Å². The van der Waals surface area contributed by atoms with Gasteiger partial charge >= 0.3 is 6.18 Å². The van der Waals surface area contributed by atoms with E-state index in [1.54, 1.807) is 6.07 Å². The third-order valence-corrected chi connectivity index (χ3v) is 7.15. The first-order chi connectivity index (χ1) is 15.1. The van der Waals surface area contributed by atoms with E-state index in [0.717, 1.165) is 47.2 Å². The summed E-state index contributed by atoms with van der Waals surface area (Å²) < 4.78 is 38.7. The Labute approximate surface area is 192 Å². The minimum absolute atomic E-state index is 0.0245. The Morgan fingerprint density at radius 1 is 0.969 bits per heavy atom. The van der Waals surface area contributed by atoms with Crippen LogP contribution in [0, 0.1) is 12.8 Å². The molecule has 0 unspecified atom stereocenters. The number of hydrogen-bond acceptors (Lipinski definition) is 3. The highest BCUT2D eigenvalue weighted by Crippen LogP contribution is 2.38. The van der Waals surface area contributed by atoms with Gasteiger partial charge in [0.2, 0.25) is 0 Å². The Morgan fingerprint density at radius 3 is 2.09 bits per heavy atom. The Balaban J connectivity index is 1.66. The quantitative estimate of drug-likeness (QED) is 0.330. The van der Waals surface area contributed by atoms with Crippen molar-refractivity contribution in [2.24, 2.45) is 5.92 Å².